The summed E-state index contributed by atoms with van der Waals surface area (Å²) in [5.74, 6) is 0.789. The maximum absolute atomic E-state index is 12.3. The van der Waals surface area contributed by atoms with Gasteiger partial charge < -0.3 is 20.1 Å². The minimum absolute atomic E-state index is 0.0347. The first kappa shape index (κ1) is 19.3. The predicted molar refractivity (Wildman–Crippen MR) is 115 cm³/mol. The maximum atomic E-state index is 12.3. The lowest BCUT2D eigenvalue weighted by Crippen LogP contribution is -2.25. The standard InChI is InChI=1S/C24H20N2O4/c27-23(25-19-10-11-21-22(14-19)30-16-24(28)26-21)12-9-17-7-4-8-20(13-17)29-15-18-5-2-1-3-6-18/h1-14H,15-16H2,(H,25,27)(H,26,28)/b12-9+. The van der Waals surface area contributed by atoms with Gasteiger partial charge in [-0.1, -0.05) is 42.5 Å². The molecule has 0 fully saturated rings. The molecule has 6 nitrogen and oxygen atoms in total. The number of fused-ring (bicyclic) bond motifs is 1. The fourth-order valence-electron chi connectivity index (χ4n) is 2.96. The van der Waals surface area contributed by atoms with Gasteiger partial charge in [0.25, 0.3) is 5.91 Å². The lowest BCUT2D eigenvalue weighted by Gasteiger charge is -2.18. The Kier molecular flexibility index (Phi) is 5.75. The van der Waals surface area contributed by atoms with Crippen molar-refractivity contribution < 1.29 is 19.1 Å². The van der Waals surface area contributed by atoms with Gasteiger partial charge >= 0.3 is 0 Å². The molecule has 0 radical (unpaired) electrons. The third-order valence-corrected chi connectivity index (χ3v) is 4.42. The van der Waals surface area contributed by atoms with E-state index < -0.39 is 0 Å². The Bertz CT molecular complexity index is 1090. The van der Waals surface area contributed by atoms with Gasteiger partial charge in [0, 0.05) is 17.8 Å². The molecule has 0 atom stereocenters. The van der Waals surface area contributed by atoms with Crippen LogP contribution in [0.1, 0.15) is 11.1 Å². The average Bonchev–Trinajstić information content (AvgIpc) is 2.77. The molecule has 0 spiro atoms. The third-order valence-electron chi connectivity index (χ3n) is 4.42. The smallest absolute Gasteiger partial charge is 0.262 e. The van der Waals surface area contributed by atoms with Gasteiger partial charge in [0.1, 0.15) is 18.1 Å². The molecule has 0 bridgehead atoms. The average molecular weight is 400 g/mol. The number of benzene rings is 3. The second-order valence-electron chi connectivity index (χ2n) is 6.72. The molecule has 0 aliphatic carbocycles. The van der Waals surface area contributed by atoms with Crippen LogP contribution in [0.4, 0.5) is 11.4 Å². The van der Waals surface area contributed by atoms with Crippen molar-refractivity contribution in [2.75, 3.05) is 17.2 Å². The molecule has 2 amide bonds. The number of carbonyl (C=O) groups is 2. The molecule has 0 aromatic heterocycles. The summed E-state index contributed by atoms with van der Waals surface area (Å²) in [6.07, 6.45) is 3.18. The maximum Gasteiger partial charge on any atom is 0.262 e. The van der Waals surface area contributed by atoms with Gasteiger partial charge in [0.2, 0.25) is 5.91 Å². The van der Waals surface area contributed by atoms with E-state index in [4.69, 9.17) is 9.47 Å². The third kappa shape index (κ3) is 5.05. The van der Waals surface area contributed by atoms with Crippen molar-refractivity contribution in [3.63, 3.8) is 0 Å². The zero-order valence-electron chi connectivity index (χ0n) is 16.1. The SMILES string of the molecule is O=C(/C=C/c1cccc(OCc2ccccc2)c1)Nc1ccc2c(c1)OCC(=O)N2. The number of hydrogen-bond donors (Lipinski definition) is 2. The Labute approximate surface area is 174 Å². The highest BCUT2D eigenvalue weighted by Crippen LogP contribution is 2.30. The van der Waals surface area contributed by atoms with Crippen molar-refractivity contribution in [1.82, 2.24) is 0 Å². The van der Waals surface area contributed by atoms with E-state index in [1.165, 1.54) is 6.08 Å². The molecular weight excluding hydrogens is 380 g/mol. The second-order valence-corrected chi connectivity index (χ2v) is 6.72. The molecule has 2 N–H and O–H groups in total. The van der Waals surface area contributed by atoms with E-state index in [1.807, 2.05) is 54.6 Å². The van der Waals surface area contributed by atoms with Crippen molar-refractivity contribution in [3.8, 4) is 11.5 Å². The first-order valence-electron chi connectivity index (χ1n) is 9.48. The summed E-state index contributed by atoms with van der Waals surface area (Å²) >= 11 is 0. The second kappa shape index (κ2) is 8.96. The van der Waals surface area contributed by atoms with Crippen molar-refractivity contribution in [2.24, 2.45) is 0 Å². The Hall–Kier alpha value is -4.06. The molecule has 3 aromatic carbocycles. The molecule has 3 aromatic rings. The summed E-state index contributed by atoms with van der Waals surface area (Å²) in [6, 6.07) is 22.5. The van der Waals surface area contributed by atoms with E-state index in [1.54, 1.807) is 24.3 Å². The van der Waals surface area contributed by atoms with Gasteiger partial charge in [-0.2, -0.15) is 0 Å². The Morgan fingerprint density at radius 1 is 1.07 bits per heavy atom. The molecular formula is C24H20N2O4. The van der Waals surface area contributed by atoms with Crippen molar-refractivity contribution in [1.29, 1.82) is 0 Å². The van der Waals surface area contributed by atoms with Crippen LogP contribution < -0.4 is 20.1 Å². The van der Waals surface area contributed by atoms with Crippen molar-refractivity contribution in [3.05, 3.63) is 90.0 Å². The van der Waals surface area contributed by atoms with Crippen LogP contribution in [-0.2, 0) is 16.2 Å². The van der Waals surface area contributed by atoms with E-state index in [9.17, 15) is 9.59 Å². The number of rotatable bonds is 6. The number of hydrogen-bond acceptors (Lipinski definition) is 4. The van der Waals surface area contributed by atoms with Crippen LogP contribution in [0.15, 0.2) is 78.9 Å². The molecule has 0 saturated heterocycles. The molecule has 30 heavy (non-hydrogen) atoms. The highest BCUT2D eigenvalue weighted by atomic mass is 16.5. The molecule has 0 saturated carbocycles. The summed E-state index contributed by atoms with van der Waals surface area (Å²) in [5, 5.41) is 5.50. The molecule has 1 aliphatic heterocycles. The number of ether oxygens (including phenoxy) is 2. The number of amides is 2. The molecule has 150 valence electrons. The summed E-state index contributed by atoms with van der Waals surface area (Å²) in [4.78, 5) is 23.6. The topological polar surface area (TPSA) is 76.7 Å². The van der Waals surface area contributed by atoms with Crippen LogP contribution >= 0.6 is 0 Å². The van der Waals surface area contributed by atoms with E-state index in [0.717, 1.165) is 16.9 Å². The number of nitrogens with one attached hydrogen (secondary N) is 2. The normalized spacial score (nSPS) is 12.6. The van der Waals surface area contributed by atoms with Gasteiger partial charge in [0.15, 0.2) is 6.61 Å². The van der Waals surface area contributed by atoms with Gasteiger partial charge in [-0.05, 0) is 41.5 Å². The lowest BCUT2D eigenvalue weighted by atomic mass is 10.2. The van der Waals surface area contributed by atoms with Crippen molar-refractivity contribution in [2.45, 2.75) is 6.61 Å². The van der Waals surface area contributed by atoms with Gasteiger partial charge in [0.05, 0.1) is 5.69 Å². The van der Waals surface area contributed by atoms with E-state index in [-0.39, 0.29) is 18.4 Å². The van der Waals surface area contributed by atoms with Crippen LogP contribution in [-0.4, -0.2) is 18.4 Å². The number of carbonyl (C=O) groups excluding carboxylic acids is 2. The van der Waals surface area contributed by atoms with Gasteiger partial charge in [-0.15, -0.1) is 0 Å². The van der Waals surface area contributed by atoms with E-state index in [0.29, 0.717) is 23.7 Å². The Morgan fingerprint density at radius 3 is 2.80 bits per heavy atom. The molecule has 4 rings (SSSR count). The van der Waals surface area contributed by atoms with Crippen LogP contribution in [0.2, 0.25) is 0 Å². The van der Waals surface area contributed by atoms with E-state index >= 15 is 0 Å². The summed E-state index contributed by atoms with van der Waals surface area (Å²) in [5.41, 5.74) is 3.12. The largest absolute Gasteiger partial charge is 0.489 e. The lowest BCUT2D eigenvalue weighted by molar-refractivity contribution is -0.118. The first-order chi connectivity index (χ1) is 14.7. The van der Waals surface area contributed by atoms with E-state index in [2.05, 4.69) is 10.6 Å². The highest BCUT2D eigenvalue weighted by Gasteiger charge is 2.16. The quantitative estimate of drug-likeness (QED) is 0.607. The summed E-state index contributed by atoms with van der Waals surface area (Å²) in [6.45, 7) is 0.447. The zero-order chi connectivity index (χ0) is 20.8. The minimum atomic E-state index is -0.273. The molecule has 0 unspecified atom stereocenters. The fraction of sp³-hybridized carbons (Fsp3) is 0.0833. The van der Waals surface area contributed by atoms with Crippen LogP contribution in [0.5, 0.6) is 11.5 Å². The number of anilines is 2. The highest BCUT2D eigenvalue weighted by molar-refractivity contribution is 6.02. The van der Waals surface area contributed by atoms with Crippen LogP contribution in [0.25, 0.3) is 6.08 Å². The molecule has 6 heteroatoms. The molecule has 1 heterocycles. The molecule has 1 aliphatic rings. The Balaban J connectivity index is 1.35. The summed E-state index contributed by atoms with van der Waals surface area (Å²) < 4.78 is 11.2. The Morgan fingerprint density at radius 2 is 1.93 bits per heavy atom. The predicted octanol–water partition coefficient (Wildman–Crippen LogP) is 4.25. The zero-order valence-corrected chi connectivity index (χ0v) is 16.1. The van der Waals surface area contributed by atoms with Crippen LogP contribution in [0.3, 0.4) is 0 Å². The fourth-order valence-corrected chi connectivity index (χ4v) is 2.96. The first-order valence-corrected chi connectivity index (χ1v) is 9.48. The van der Waals surface area contributed by atoms with Crippen molar-refractivity contribution >= 4 is 29.3 Å². The van der Waals surface area contributed by atoms with Crippen LogP contribution in [0, 0.1) is 0 Å². The minimum Gasteiger partial charge on any atom is -0.489 e. The summed E-state index contributed by atoms with van der Waals surface area (Å²) in [7, 11) is 0. The van der Waals surface area contributed by atoms with Gasteiger partial charge in [-0.25, -0.2) is 0 Å². The monoisotopic (exact) mass is 400 g/mol. The van der Waals surface area contributed by atoms with Gasteiger partial charge in [-0.3, -0.25) is 9.59 Å².